The highest BCUT2D eigenvalue weighted by atomic mass is 16.5. The summed E-state index contributed by atoms with van der Waals surface area (Å²) in [7, 11) is 0. The molecule has 0 spiro atoms. The summed E-state index contributed by atoms with van der Waals surface area (Å²) in [5.74, 6) is 2.16. The van der Waals surface area contributed by atoms with Crippen LogP contribution in [0.4, 0.5) is 0 Å². The van der Waals surface area contributed by atoms with Gasteiger partial charge >= 0.3 is 0 Å². The Labute approximate surface area is 170 Å². The van der Waals surface area contributed by atoms with Gasteiger partial charge in [0.2, 0.25) is 0 Å². The Morgan fingerprint density at radius 2 is 1.83 bits per heavy atom. The number of benzene rings is 2. The van der Waals surface area contributed by atoms with Crippen LogP contribution in [-0.2, 0) is 13.2 Å². The third-order valence-electron chi connectivity index (χ3n) is 4.76. The molecule has 4 rings (SSSR count). The first-order chi connectivity index (χ1) is 14.3. The van der Waals surface area contributed by atoms with Crippen molar-refractivity contribution >= 4 is 5.91 Å². The van der Waals surface area contributed by atoms with Crippen LogP contribution in [0.2, 0.25) is 0 Å². The molecule has 1 aliphatic rings. The van der Waals surface area contributed by atoms with Crippen molar-refractivity contribution in [1.82, 2.24) is 10.3 Å². The van der Waals surface area contributed by atoms with E-state index in [0.717, 1.165) is 29.4 Å². The van der Waals surface area contributed by atoms with Crippen LogP contribution in [0.15, 0.2) is 72.9 Å². The van der Waals surface area contributed by atoms with Gasteiger partial charge in [0.05, 0.1) is 12.3 Å². The molecule has 29 heavy (non-hydrogen) atoms. The first-order valence-corrected chi connectivity index (χ1v) is 9.89. The lowest BCUT2D eigenvalue weighted by Crippen LogP contribution is -2.22. The average molecular weight is 388 g/mol. The Hall–Kier alpha value is -3.34. The van der Waals surface area contributed by atoms with Crippen molar-refractivity contribution in [2.75, 3.05) is 6.61 Å². The number of rotatable bonds is 9. The lowest BCUT2D eigenvalue weighted by atomic mass is 10.2. The van der Waals surface area contributed by atoms with E-state index in [2.05, 4.69) is 10.3 Å². The zero-order chi connectivity index (χ0) is 19.9. The van der Waals surface area contributed by atoms with E-state index in [1.807, 2.05) is 54.6 Å². The van der Waals surface area contributed by atoms with Gasteiger partial charge in [0, 0.05) is 18.3 Å². The van der Waals surface area contributed by atoms with Gasteiger partial charge in [-0.3, -0.25) is 9.78 Å². The molecule has 0 saturated heterocycles. The van der Waals surface area contributed by atoms with Crippen molar-refractivity contribution < 1.29 is 14.3 Å². The second-order valence-electron chi connectivity index (χ2n) is 7.22. The summed E-state index contributed by atoms with van der Waals surface area (Å²) < 4.78 is 11.5. The first-order valence-electron chi connectivity index (χ1n) is 9.89. The van der Waals surface area contributed by atoms with E-state index < -0.39 is 0 Å². The summed E-state index contributed by atoms with van der Waals surface area (Å²) in [6.45, 7) is 1.61. The predicted molar refractivity (Wildman–Crippen MR) is 111 cm³/mol. The van der Waals surface area contributed by atoms with E-state index in [1.54, 1.807) is 18.3 Å². The molecule has 1 saturated carbocycles. The Kier molecular flexibility index (Phi) is 6.05. The van der Waals surface area contributed by atoms with E-state index in [-0.39, 0.29) is 5.91 Å². The van der Waals surface area contributed by atoms with Gasteiger partial charge in [-0.1, -0.05) is 18.2 Å². The number of ether oxygens (including phenoxy) is 2. The van der Waals surface area contributed by atoms with E-state index >= 15 is 0 Å². The highest BCUT2D eigenvalue weighted by molar-refractivity contribution is 5.94. The second kappa shape index (κ2) is 9.24. The number of pyridine rings is 1. The normalized spacial score (nSPS) is 13.0. The Morgan fingerprint density at radius 1 is 0.966 bits per heavy atom. The van der Waals surface area contributed by atoms with Crippen LogP contribution in [-0.4, -0.2) is 17.5 Å². The molecule has 1 aliphatic carbocycles. The molecular weight excluding hydrogens is 364 g/mol. The second-order valence-corrected chi connectivity index (χ2v) is 7.22. The highest BCUT2D eigenvalue weighted by Gasteiger charge is 2.21. The largest absolute Gasteiger partial charge is 0.493 e. The number of carbonyl (C=O) groups excluding carboxylic acids is 1. The zero-order valence-corrected chi connectivity index (χ0v) is 16.2. The van der Waals surface area contributed by atoms with E-state index in [1.165, 1.54) is 12.8 Å². The van der Waals surface area contributed by atoms with Crippen LogP contribution in [0.1, 0.15) is 34.5 Å². The molecule has 1 aromatic heterocycles. The molecule has 1 amide bonds. The molecule has 1 fully saturated rings. The Morgan fingerprint density at radius 3 is 2.59 bits per heavy atom. The van der Waals surface area contributed by atoms with Gasteiger partial charge in [-0.05, 0) is 72.9 Å². The first kappa shape index (κ1) is 19.0. The van der Waals surface area contributed by atoms with Gasteiger partial charge in [-0.2, -0.15) is 0 Å². The van der Waals surface area contributed by atoms with Crippen molar-refractivity contribution in [1.29, 1.82) is 0 Å². The summed E-state index contributed by atoms with van der Waals surface area (Å²) in [6, 6.07) is 20.7. The summed E-state index contributed by atoms with van der Waals surface area (Å²) >= 11 is 0. The lowest BCUT2D eigenvalue weighted by molar-refractivity contribution is 0.0951. The molecule has 0 radical (unpaired) electrons. The van der Waals surface area contributed by atoms with Gasteiger partial charge in [-0.15, -0.1) is 0 Å². The summed E-state index contributed by atoms with van der Waals surface area (Å²) in [5.41, 5.74) is 2.46. The van der Waals surface area contributed by atoms with E-state index in [9.17, 15) is 4.79 Å². The molecule has 1 N–H and O–H groups in total. The highest BCUT2D eigenvalue weighted by Crippen LogP contribution is 2.29. The summed E-state index contributed by atoms with van der Waals surface area (Å²) in [6.07, 6.45) is 4.27. The number of amides is 1. The van der Waals surface area contributed by atoms with Crippen molar-refractivity contribution in [3.05, 3.63) is 89.7 Å². The predicted octanol–water partition coefficient (Wildman–Crippen LogP) is 4.38. The SMILES string of the molecule is O=C(NCc1cccc(OCc2ccccn2)c1)c1ccc(OCC2CC2)cc1. The Balaban J connectivity index is 1.27. The molecule has 2 aromatic carbocycles. The standard InChI is InChI=1S/C24H24N2O3/c27-24(20-9-11-22(12-10-20)28-16-18-7-8-18)26-15-19-4-3-6-23(14-19)29-17-21-5-1-2-13-25-21/h1-6,9-14,18H,7-8,15-17H2,(H,26,27). The van der Waals surface area contributed by atoms with Crippen LogP contribution in [0, 0.1) is 5.92 Å². The number of carbonyl (C=O) groups is 1. The fourth-order valence-electron chi connectivity index (χ4n) is 2.87. The van der Waals surface area contributed by atoms with Crippen LogP contribution in [0.25, 0.3) is 0 Å². The third kappa shape index (κ3) is 5.82. The van der Waals surface area contributed by atoms with Gasteiger partial charge in [-0.25, -0.2) is 0 Å². The molecule has 0 aliphatic heterocycles. The lowest BCUT2D eigenvalue weighted by Gasteiger charge is -2.10. The average Bonchev–Trinajstić information content (AvgIpc) is 3.61. The minimum atomic E-state index is -0.112. The number of nitrogens with one attached hydrogen (secondary N) is 1. The maximum Gasteiger partial charge on any atom is 0.251 e. The van der Waals surface area contributed by atoms with Crippen molar-refractivity contribution in [3.8, 4) is 11.5 Å². The van der Waals surface area contributed by atoms with Gasteiger partial charge in [0.1, 0.15) is 18.1 Å². The van der Waals surface area contributed by atoms with Crippen molar-refractivity contribution in [2.45, 2.75) is 26.0 Å². The molecule has 5 nitrogen and oxygen atoms in total. The van der Waals surface area contributed by atoms with Gasteiger partial charge < -0.3 is 14.8 Å². The molecule has 1 heterocycles. The minimum absolute atomic E-state index is 0.112. The topological polar surface area (TPSA) is 60.5 Å². The van der Waals surface area contributed by atoms with Crippen molar-refractivity contribution in [2.24, 2.45) is 5.92 Å². The quantitative estimate of drug-likeness (QED) is 0.591. The fraction of sp³-hybridized carbons (Fsp3) is 0.250. The zero-order valence-electron chi connectivity index (χ0n) is 16.2. The van der Waals surface area contributed by atoms with Gasteiger partial charge in [0.25, 0.3) is 5.91 Å². The van der Waals surface area contributed by atoms with E-state index in [4.69, 9.17) is 9.47 Å². The Bertz CT molecular complexity index is 938. The van der Waals surface area contributed by atoms with Crippen molar-refractivity contribution in [3.63, 3.8) is 0 Å². The fourth-order valence-corrected chi connectivity index (χ4v) is 2.87. The van der Waals surface area contributed by atoms with Gasteiger partial charge in [0.15, 0.2) is 0 Å². The summed E-state index contributed by atoms with van der Waals surface area (Å²) in [4.78, 5) is 16.7. The molecular formula is C24H24N2O3. The van der Waals surface area contributed by atoms with Crippen LogP contribution >= 0.6 is 0 Å². The van der Waals surface area contributed by atoms with Crippen LogP contribution in [0.3, 0.4) is 0 Å². The third-order valence-corrected chi connectivity index (χ3v) is 4.76. The van der Waals surface area contributed by atoms with E-state index in [0.29, 0.717) is 24.6 Å². The molecule has 0 atom stereocenters. The molecule has 3 aromatic rings. The van der Waals surface area contributed by atoms with Crippen LogP contribution in [0.5, 0.6) is 11.5 Å². The summed E-state index contributed by atoms with van der Waals surface area (Å²) in [5, 5.41) is 2.95. The number of nitrogens with zero attached hydrogens (tertiary/aromatic N) is 1. The number of hydrogen-bond donors (Lipinski definition) is 1. The van der Waals surface area contributed by atoms with Crippen LogP contribution < -0.4 is 14.8 Å². The maximum atomic E-state index is 12.4. The molecule has 5 heteroatoms. The molecule has 0 bridgehead atoms. The monoisotopic (exact) mass is 388 g/mol. The minimum Gasteiger partial charge on any atom is -0.493 e. The number of hydrogen-bond acceptors (Lipinski definition) is 4. The molecule has 148 valence electrons. The molecule has 0 unspecified atom stereocenters. The number of aromatic nitrogens is 1. The smallest absolute Gasteiger partial charge is 0.251 e. The maximum absolute atomic E-state index is 12.4.